The Balaban J connectivity index is 1.70. The van der Waals surface area contributed by atoms with Gasteiger partial charge in [0.05, 0.1) is 29.1 Å². The minimum absolute atomic E-state index is 0.0135. The second kappa shape index (κ2) is 7.71. The fourth-order valence-electron chi connectivity index (χ4n) is 2.02. The van der Waals surface area contributed by atoms with Gasteiger partial charge < -0.3 is 14.7 Å². The van der Waals surface area contributed by atoms with Crippen LogP contribution in [0.15, 0.2) is 9.98 Å². The number of hydrogen-bond acceptors (Lipinski definition) is 5. The third kappa shape index (κ3) is 5.25. The molecule has 21 heavy (non-hydrogen) atoms. The van der Waals surface area contributed by atoms with Crippen molar-refractivity contribution in [2.24, 2.45) is 0 Å². The van der Waals surface area contributed by atoms with Gasteiger partial charge in [0, 0.05) is 13.1 Å². The summed E-state index contributed by atoms with van der Waals surface area (Å²) in [5.41, 5.74) is 0. The number of thiazole rings is 1. The minimum atomic E-state index is -0.860. The zero-order valence-electron chi connectivity index (χ0n) is 11.2. The maximum atomic E-state index is 12.0. The number of hydrogen-bond donors (Lipinski definition) is 2. The monoisotopic (exact) mass is 377 g/mol. The molecule has 7 nitrogen and oxygen atoms in total. The summed E-state index contributed by atoms with van der Waals surface area (Å²) < 4.78 is 6.35. The van der Waals surface area contributed by atoms with E-state index in [1.165, 1.54) is 11.3 Å². The topological polar surface area (TPSA) is 91.8 Å². The number of rotatable bonds is 5. The van der Waals surface area contributed by atoms with E-state index in [9.17, 15) is 9.59 Å². The molecule has 1 aliphatic heterocycles. The molecule has 1 aromatic heterocycles. The van der Waals surface area contributed by atoms with Gasteiger partial charge in [-0.1, -0.05) is 11.3 Å². The van der Waals surface area contributed by atoms with Crippen LogP contribution in [0.4, 0.5) is 9.93 Å². The Morgan fingerprint density at radius 1 is 1.52 bits per heavy atom. The normalized spacial score (nSPS) is 16.0. The lowest BCUT2D eigenvalue weighted by Gasteiger charge is -2.31. The molecule has 1 fully saturated rings. The van der Waals surface area contributed by atoms with Crippen molar-refractivity contribution in [2.45, 2.75) is 25.4 Å². The van der Waals surface area contributed by atoms with Crippen LogP contribution in [0.3, 0.4) is 0 Å². The molecule has 1 aromatic rings. The third-order valence-corrected chi connectivity index (χ3v) is 4.48. The van der Waals surface area contributed by atoms with Crippen molar-refractivity contribution < 1.29 is 19.4 Å². The van der Waals surface area contributed by atoms with E-state index in [1.807, 2.05) is 0 Å². The highest BCUT2D eigenvalue weighted by Gasteiger charge is 2.23. The van der Waals surface area contributed by atoms with E-state index in [0.717, 1.165) is 3.79 Å². The Hall–Kier alpha value is -1.19. The van der Waals surface area contributed by atoms with Gasteiger partial charge in [-0.25, -0.2) is 9.78 Å². The van der Waals surface area contributed by atoms with E-state index in [4.69, 9.17) is 9.84 Å². The molecule has 0 spiro atoms. The lowest BCUT2D eigenvalue weighted by molar-refractivity contribution is -0.138. The van der Waals surface area contributed by atoms with E-state index in [-0.39, 0.29) is 25.2 Å². The molecule has 2 N–H and O–H groups in total. The summed E-state index contributed by atoms with van der Waals surface area (Å²) in [7, 11) is 0. The average molecular weight is 378 g/mol. The van der Waals surface area contributed by atoms with Gasteiger partial charge in [-0.2, -0.15) is 0 Å². The zero-order chi connectivity index (χ0) is 15.2. The van der Waals surface area contributed by atoms with E-state index >= 15 is 0 Å². The maximum Gasteiger partial charge on any atom is 0.323 e. The zero-order valence-corrected chi connectivity index (χ0v) is 13.7. The molecule has 0 bridgehead atoms. The largest absolute Gasteiger partial charge is 0.481 e. The Morgan fingerprint density at radius 3 is 2.81 bits per heavy atom. The number of nitrogens with one attached hydrogen (secondary N) is 1. The van der Waals surface area contributed by atoms with Crippen LogP contribution in [0, 0.1) is 0 Å². The van der Waals surface area contributed by atoms with Gasteiger partial charge in [0.2, 0.25) is 0 Å². The van der Waals surface area contributed by atoms with Crippen molar-refractivity contribution in [3.05, 3.63) is 9.98 Å². The Morgan fingerprint density at radius 2 is 2.24 bits per heavy atom. The van der Waals surface area contributed by atoms with Gasteiger partial charge >= 0.3 is 12.0 Å². The first kappa shape index (κ1) is 16.2. The van der Waals surface area contributed by atoms with Crippen molar-refractivity contribution in [3.63, 3.8) is 0 Å². The number of nitrogens with zero attached hydrogens (tertiary/aromatic N) is 2. The number of aromatic nitrogens is 1. The number of carboxylic acids is 1. The second-order valence-electron chi connectivity index (χ2n) is 4.60. The molecule has 0 aliphatic carbocycles. The number of carbonyl (C=O) groups is 2. The summed E-state index contributed by atoms with van der Waals surface area (Å²) in [6, 6.07) is -0.166. The van der Waals surface area contributed by atoms with Crippen LogP contribution in [0.5, 0.6) is 0 Å². The highest BCUT2D eigenvalue weighted by molar-refractivity contribution is 9.11. The first-order valence-electron chi connectivity index (χ1n) is 6.55. The predicted molar refractivity (Wildman–Crippen MR) is 81.6 cm³/mol. The predicted octanol–water partition coefficient (Wildman–Crippen LogP) is 2.39. The van der Waals surface area contributed by atoms with Gasteiger partial charge in [-0.3, -0.25) is 10.1 Å². The van der Waals surface area contributed by atoms with Crippen LogP contribution in [0.25, 0.3) is 0 Å². The number of carbonyl (C=O) groups excluding carboxylic acids is 1. The average Bonchev–Trinajstić information content (AvgIpc) is 2.84. The van der Waals surface area contributed by atoms with Gasteiger partial charge in [-0.05, 0) is 28.8 Å². The molecule has 116 valence electrons. The number of carboxylic acid groups (broad SMARTS) is 1. The molecular formula is C12H16BrN3O4S. The van der Waals surface area contributed by atoms with Crippen LogP contribution in [0.1, 0.15) is 19.3 Å². The lowest BCUT2D eigenvalue weighted by atomic mass is 10.1. The van der Waals surface area contributed by atoms with Crippen molar-refractivity contribution in [1.82, 2.24) is 9.88 Å². The number of aliphatic carboxylic acids is 1. The number of amides is 2. The SMILES string of the molecule is O=C(O)CCOC1CCN(C(=O)Nc2ncc(Br)s2)CC1. The summed E-state index contributed by atoms with van der Waals surface area (Å²) in [6.07, 6.45) is 3.12. The van der Waals surface area contributed by atoms with Crippen molar-refractivity contribution in [2.75, 3.05) is 25.0 Å². The van der Waals surface area contributed by atoms with E-state index in [0.29, 0.717) is 31.1 Å². The van der Waals surface area contributed by atoms with Crippen LogP contribution < -0.4 is 5.32 Å². The molecule has 0 atom stereocenters. The molecule has 2 heterocycles. The Labute approximate surface area is 134 Å². The standard InChI is InChI=1S/C12H16BrN3O4S/c13-9-7-14-11(21-9)15-12(19)16-4-1-8(2-5-16)20-6-3-10(17)18/h7-8H,1-6H2,(H,17,18)(H,14,15,19). The van der Waals surface area contributed by atoms with Crippen molar-refractivity contribution in [1.29, 1.82) is 0 Å². The maximum absolute atomic E-state index is 12.0. The summed E-state index contributed by atoms with van der Waals surface area (Å²) in [5.74, 6) is -0.860. The summed E-state index contributed by atoms with van der Waals surface area (Å²) in [6.45, 7) is 1.41. The highest BCUT2D eigenvalue weighted by atomic mass is 79.9. The molecule has 2 rings (SSSR count). The molecule has 0 saturated carbocycles. The Kier molecular flexibility index (Phi) is 5.95. The summed E-state index contributed by atoms with van der Waals surface area (Å²) in [5, 5.41) is 11.9. The molecule has 2 amide bonds. The molecule has 9 heteroatoms. The number of ether oxygens (including phenoxy) is 1. The number of halogens is 1. The van der Waals surface area contributed by atoms with Gasteiger partial charge in [0.1, 0.15) is 0 Å². The molecule has 1 aliphatic rings. The molecule has 0 unspecified atom stereocenters. The van der Waals surface area contributed by atoms with Crippen LogP contribution in [0.2, 0.25) is 0 Å². The highest BCUT2D eigenvalue weighted by Crippen LogP contribution is 2.24. The molecule has 0 radical (unpaired) electrons. The van der Waals surface area contributed by atoms with Crippen LogP contribution in [-0.4, -0.2) is 52.8 Å². The van der Waals surface area contributed by atoms with Crippen molar-refractivity contribution in [3.8, 4) is 0 Å². The van der Waals surface area contributed by atoms with Gasteiger partial charge in [-0.15, -0.1) is 0 Å². The summed E-state index contributed by atoms with van der Waals surface area (Å²) in [4.78, 5) is 28.2. The lowest BCUT2D eigenvalue weighted by Crippen LogP contribution is -2.43. The van der Waals surface area contributed by atoms with Crippen LogP contribution >= 0.6 is 27.3 Å². The van der Waals surface area contributed by atoms with E-state index in [1.54, 1.807) is 11.1 Å². The quantitative estimate of drug-likeness (QED) is 0.821. The van der Waals surface area contributed by atoms with Gasteiger partial charge in [0.25, 0.3) is 0 Å². The first-order valence-corrected chi connectivity index (χ1v) is 8.16. The van der Waals surface area contributed by atoms with E-state index in [2.05, 4.69) is 26.2 Å². The summed E-state index contributed by atoms with van der Waals surface area (Å²) >= 11 is 4.65. The fraction of sp³-hybridized carbons (Fsp3) is 0.583. The Bertz CT molecular complexity index is 502. The third-order valence-electron chi connectivity index (χ3n) is 3.09. The molecule has 1 saturated heterocycles. The number of urea groups is 1. The van der Waals surface area contributed by atoms with Crippen LogP contribution in [-0.2, 0) is 9.53 Å². The second-order valence-corrected chi connectivity index (χ2v) is 7.01. The smallest absolute Gasteiger partial charge is 0.323 e. The first-order chi connectivity index (χ1) is 10.0. The fourth-order valence-corrected chi connectivity index (χ4v) is 3.12. The van der Waals surface area contributed by atoms with Crippen molar-refractivity contribution >= 4 is 44.4 Å². The molecular weight excluding hydrogens is 362 g/mol. The minimum Gasteiger partial charge on any atom is -0.481 e. The van der Waals surface area contributed by atoms with Gasteiger partial charge in [0.15, 0.2) is 5.13 Å². The van der Waals surface area contributed by atoms with E-state index < -0.39 is 5.97 Å². The number of piperidine rings is 1. The molecule has 0 aromatic carbocycles. The number of anilines is 1. The number of likely N-dealkylation sites (tertiary alicyclic amines) is 1.